The van der Waals surface area contributed by atoms with Gasteiger partial charge in [-0.25, -0.2) is 9.55 Å². The zero-order valence-electron chi connectivity index (χ0n) is 23.4. The molecule has 1 heterocycles. The van der Waals surface area contributed by atoms with Crippen molar-refractivity contribution < 1.29 is 4.57 Å². The van der Waals surface area contributed by atoms with E-state index in [-0.39, 0.29) is 5.41 Å². The summed E-state index contributed by atoms with van der Waals surface area (Å²) in [6.07, 6.45) is 23.3. The number of aromatic nitrogens is 2. The summed E-state index contributed by atoms with van der Waals surface area (Å²) in [7, 11) is 2.19. The van der Waals surface area contributed by atoms with E-state index in [0.717, 1.165) is 6.42 Å². The van der Waals surface area contributed by atoms with Gasteiger partial charge in [0, 0.05) is 5.41 Å². The second-order valence-corrected chi connectivity index (χ2v) is 11.1. The van der Waals surface area contributed by atoms with Crippen LogP contribution in [-0.4, -0.2) is 4.98 Å². The van der Waals surface area contributed by atoms with E-state index in [1.807, 2.05) is 0 Å². The number of hydrogen-bond donors (Lipinski definition) is 1. The highest BCUT2D eigenvalue weighted by Crippen LogP contribution is 2.43. The van der Waals surface area contributed by atoms with Crippen molar-refractivity contribution in [2.75, 3.05) is 0 Å². The van der Waals surface area contributed by atoms with E-state index >= 15 is 0 Å². The van der Waals surface area contributed by atoms with E-state index in [1.54, 1.807) is 0 Å². The van der Waals surface area contributed by atoms with Gasteiger partial charge in [-0.05, 0) is 24.0 Å². The van der Waals surface area contributed by atoms with Gasteiger partial charge in [0.15, 0.2) is 0 Å². The minimum absolute atomic E-state index is 0.0169. The minimum Gasteiger partial charge on any atom is -0.247 e. The van der Waals surface area contributed by atoms with Crippen molar-refractivity contribution in [2.24, 2.45) is 7.05 Å². The van der Waals surface area contributed by atoms with E-state index in [9.17, 15) is 0 Å². The fraction of sp³-hybridized carbons (Fsp3) is 0.559. The van der Waals surface area contributed by atoms with Crippen molar-refractivity contribution in [1.29, 1.82) is 0 Å². The Balaban J connectivity index is 1.60. The third-order valence-electron chi connectivity index (χ3n) is 8.20. The topological polar surface area (TPSA) is 19.7 Å². The lowest BCUT2D eigenvalue weighted by Crippen LogP contribution is -2.41. The van der Waals surface area contributed by atoms with Crippen molar-refractivity contribution in [1.82, 2.24) is 4.98 Å². The lowest BCUT2D eigenvalue weighted by atomic mass is 9.66. The minimum atomic E-state index is 0.0169. The highest BCUT2D eigenvalue weighted by atomic mass is 15.0. The molecule has 0 saturated carbocycles. The summed E-state index contributed by atoms with van der Waals surface area (Å²) in [4.78, 5) is 3.62. The van der Waals surface area contributed by atoms with Crippen molar-refractivity contribution in [3.8, 4) is 0 Å². The van der Waals surface area contributed by atoms with Gasteiger partial charge in [-0.2, -0.15) is 0 Å². The molecule has 196 valence electrons. The molecule has 1 aromatic heterocycles. The second-order valence-electron chi connectivity index (χ2n) is 11.1. The van der Waals surface area contributed by atoms with Gasteiger partial charge in [-0.3, -0.25) is 0 Å². The molecule has 0 aliphatic heterocycles. The molecular formula is C34H51N2+. The lowest BCUT2D eigenvalue weighted by molar-refractivity contribution is -0.679. The third kappa shape index (κ3) is 8.64. The average molecular weight is 488 g/mol. The first kappa shape index (κ1) is 28.2. The maximum Gasteiger partial charge on any atom is 0.258 e. The SMILES string of the molecule is CCCCCCCCCCCCCCC(c1[nH]cc[n+]1C)C(C)(Cc1ccccc1)c1ccccc1. The molecule has 2 aromatic carbocycles. The first-order chi connectivity index (χ1) is 17.6. The molecule has 0 spiro atoms. The number of aryl methyl sites for hydroxylation is 1. The van der Waals surface area contributed by atoms with Crippen molar-refractivity contribution in [3.63, 3.8) is 0 Å². The van der Waals surface area contributed by atoms with Crippen LogP contribution in [0.1, 0.15) is 120 Å². The van der Waals surface area contributed by atoms with E-state index in [4.69, 9.17) is 0 Å². The Morgan fingerprint density at radius 2 is 1.25 bits per heavy atom. The molecule has 2 atom stereocenters. The van der Waals surface area contributed by atoms with E-state index in [0.29, 0.717) is 5.92 Å². The number of H-pyrrole nitrogens is 1. The molecule has 36 heavy (non-hydrogen) atoms. The number of aromatic amines is 1. The van der Waals surface area contributed by atoms with Crippen LogP contribution >= 0.6 is 0 Å². The molecule has 0 bridgehead atoms. The van der Waals surface area contributed by atoms with Crippen LogP contribution in [0.3, 0.4) is 0 Å². The van der Waals surface area contributed by atoms with E-state index in [2.05, 4.69) is 104 Å². The summed E-state index contributed by atoms with van der Waals surface area (Å²) in [5.74, 6) is 1.78. The highest BCUT2D eigenvalue weighted by Gasteiger charge is 2.41. The molecule has 0 amide bonds. The van der Waals surface area contributed by atoms with Crippen LogP contribution in [0.25, 0.3) is 0 Å². The van der Waals surface area contributed by atoms with Crippen LogP contribution in [0.4, 0.5) is 0 Å². The van der Waals surface area contributed by atoms with E-state index < -0.39 is 0 Å². The Hall–Kier alpha value is -2.35. The van der Waals surface area contributed by atoms with Crippen LogP contribution < -0.4 is 4.57 Å². The van der Waals surface area contributed by atoms with Gasteiger partial charge < -0.3 is 0 Å². The summed E-state index contributed by atoms with van der Waals surface area (Å²) in [5.41, 5.74) is 2.87. The van der Waals surface area contributed by atoms with E-state index in [1.165, 1.54) is 100 Å². The van der Waals surface area contributed by atoms with Crippen molar-refractivity contribution in [3.05, 3.63) is 90.0 Å². The predicted octanol–water partition coefficient (Wildman–Crippen LogP) is 9.21. The molecule has 0 aliphatic carbocycles. The fourth-order valence-corrected chi connectivity index (χ4v) is 5.97. The normalized spacial score (nSPS) is 14.0. The molecule has 3 rings (SSSR count). The van der Waals surface area contributed by atoms with Crippen molar-refractivity contribution in [2.45, 2.75) is 115 Å². The number of nitrogens with zero attached hydrogens (tertiary/aromatic N) is 1. The first-order valence-electron chi connectivity index (χ1n) is 14.8. The molecule has 1 N–H and O–H groups in total. The Morgan fingerprint density at radius 1 is 0.722 bits per heavy atom. The van der Waals surface area contributed by atoms with Crippen LogP contribution in [0.2, 0.25) is 0 Å². The van der Waals surface area contributed by atoms with Gasteiger partial charge in [0.25, 0.3) is 5.82 Å². The van der Waals surface area contributed by atoms with Gasteiger partial charge in [0.2, 0.25) is 0 Å². The summed E-state index contributed by atoms with van der Waals surface area (Å²) >= 11 is 0. The number of nitrogens with one attached hydrogen (secondary N) is 1. The van der Waals surface area contributed by atoms with Crippen LogP contribution in [0.5, 0.6) is 0 Å². The molecule has 0 saturated heterocycles. The average Bonchev–Trinajstić information content (AvgIpc) is 3.33. The summed E-state index contributed by atoms with van der Waals surface area (Å²) in [5, 5.41) is 0. The smallest absolute Gasteiger partial charge is 0.247 e. The van der Waals surface area contributed by atoms with Gasteiger partial charge in [0.1, 0.15) is 12.4 Å². The number of unbranched alkanes of at least 4 members (excludes halogenated alkanes) is 11. The predicted molar refractivity (Wildman–Crippen MR) is 154 cm³/mol. The molecule has 0 fully saturated rings. The maximum absolute atomic E-state index is 3.62. The van der Waals surface area contributed by atoms with Gasteiger partial charge in [0.05, 0.1) is 13.0 Å². The monoisotopic (exact) mass is 487 g/mol. The van der Waals surface area contributed by atoms with Crippen LogP contribution in [0.15, 0.2) is 73.1 Å². The Bertz CT molecular complexity index is 946. The van der Waals surface area contributed by atoms with Crippen LogP contribution in [-0.2, 0) is 18.9 Å². The number of imidazole rings is 1. The maximum atomic E-state index is 3.62. The number of benzene rings is 2. The Kier molecular flexibility index (Phi) is 12.3. The molecule has 2 unspecified atom stereocenters. The Morgan fingerprint density at radius 3 is 1.78 bits per heavy atom. The van der Waals surface area contributed by atoms with Crippen LogP contribution in [0, 0.1) is 0 Å². The second kappa shape index (κ2) is 15.7. The molecular weight excluding hydrogens is 436 g/mol. The Labute approximate surface area is 221 Å². The fourth-order valence-electron chi connectivity index (χ4n) is 5.97. The zero-order chi connectivity index (χ0) is 25.5. The standard InChI is InChI=1S/C34H50N2/c1-4-5-6-7-8-9-10-11-12-13-14-21-26-32(33-35-27-28-36(33)3)34(2,31-24-19-16-20-25-31)29-30-22-17-15-18-23-30/h15-20,22-25,27-28,32H,4-14,21,26,29H2,1-3H3/p+1. The molecule has 2 nitrogen and oxygen atoms in total. The zero-order valence-corrected chi connectivity index (χ0v) is 23.4. The largest absolute Gasteiger partial charge is 0.258 e. The highest BCUT2D eigenvalue weighted by molar-refractivity contribution is 5.32. The van der Waals surface area contributed by atoms with Gasteiger partial charge >= 0.3 is 0 Å². The lowest BCUT2D eigenvalue weighted by Gasteiger charge is -2.37. The number of hydrogen-bond acceptors (Lipinski definition) is 0. The first-order valence-corrected chi connectivity index (χ1v) is 14.8. The quantitative estimate of drug-likeness (QED) is 0.136. The molecule has 0 radical (unpaired) electrons. The van der Waals surface area contributed by atoms with Gasteiger partial charge in [-0.15, -0.1) is 0 Å². The summed E-state index contributed by atoms with van der Waals surface area (Å²) in [6.45, 7) is 4.78. The molecule has 0 aliphatic rings. The van der Waals surface area contributed by atoms with Gasteiger partial charge in [-0.1, -0.05) is 152 Å². The summed E-state index contributed by atoms with van der Waals surface area (Å²) < 4.78 is 2.30. The third-order valence-corrected chi connectivity index (χ3v) is 8.20. The summed E-state index contributed by atoms with van der Waals surface area (Å²) in [6, 6.07) is 22.3. The number of rotatable bonds is 18. The molecule has 3 aromatic rings. The molecule has 2 heteroatoms. The van der Waals surface area contributed by atoms with Crippen molar-refractivity contribution >= 4 is 0 Å².